The molecule has 0 fully saturated rings. The third kappa shape index (κ3) is 1.78. The van der Waals surface area contributed by atoms with Gasteiger partial charge in [-0.05, 0) is 6.07 Å². The highest BCUT2D eigenvalue weighted by atomic mass is 79.9. The Balaban J connectivity index is 2.75. The smallest absolute Gasteiger partial charge is 0.262 e. The monoisotopic (exact) mass is 266 g/mol. The van der Waals surface area contributed by atoms with Crippen LogP contribution in [-0.2, 0) is 0 Å². The summed E-state index contributed by atoms with van der Waals surface area (Å²) in [6.45, 7) is 0. The maximum atomic E-state index is 11.5. The Bertz CT molecular complexity index is 551. The molecular formula is C10H7BrN2O2. The van der Waals surface area contributed by atoms with E-state index in [0.29, 0.717) is 5.56 Å². The van der Waals surface area contributed by atoms with Crippen LogP contribution in [0.4, 0.5) is 0 Å². The molecule has 15 heavy (non-hydrogen) atoms. The minimum absolute atomic E-state index is 0.171. The molecule has 0 amide bonds. The molecular weight excluding hydrogens is 260 g/mol. The van der Waals surface area contributed by atoms with Gasteiger partial charge in [0.15, 0.2) is 0 Å². The van der Waals surface area contributed by atoms with Gasteiger partial charge in [0.1, 0.15) is 5.56 Å². The van der Waals surface area contributed by atoms with E-state index in [-0.39, 0.29) is 17.0 Å². The van der Waals surface area contributed by atoms with E-state index in [4.69, 9.17) is 0 Å². The van der Waals surface area contributed by atoms with Crippen LogP contribution in [0.3, 0.4) is 0 Å². The Labute approximate surface area is 93.8 Å². The quantitative estimate of drug-likeness (QED) is 0.829. The maximum absolute atomic E-state index is 11.5. The fourth-order valence-corrected chi connectivity index (χ4v) is 1.78. The Kier molecular flexibility index (Phi) is 2.55. The second-order valence-corrected chi connectivity index (χ2v) is 3.76. The number of nitrogens with zero attached hydrogens (tertiary/aromatic N) is 1. The zero-order valence-electron chi connectivity index (χ0n) is 7.57. The van der Waals surface area contributed by atoms with Gasteiger partial charge in [-0.25, -0.2) is 4.98 Å². The molecule has 0 radical (unpaired) electrons. The van der Waals surface area contributed by atoms with Crippen LogP contribution in [0.1, 0.15) is 0 Å². The van der Waals surface area contributed by atoms with Crippen LogP contribution < -0.4 is 5.56 Å². The highest BCUT2D eigenvalue weighted by Gasteiger charge is 2.12. The van der Waals surface area contributed by atoms with Crippen LogP contribution in [-0.4, -0.2) is 15.1 Å². The summed E-state index contributed by atoms with van der Waals surface area (Å²) < 4.78 is 0.735. The third-order valence-corrected chi connectivity index (χ3v) is 2.67. The van der Waals surface area contributed by atoms with E-state index in [1.54, 1.807) is 18.2 Å². The zero-order valence-corrected chi connectivity index (χ0v) is 9.15. The summed E-state index contributed by atoms with van der Waals surface area (Å²) in [5.41, 5.74) is 0.420. The van der Waals surface area contributed by atoms with Crippen LogP contribution in [0, 0.1) is 0 Å². The van der Waals surface area contributed by atoms with E-state index < -0.39 is 0 Å². The molecule has 2 N–H and O–H groups in total. The number of H-pyrrole nitrogens is 1. The van der Waals surface area contributed by atoms with E-state index >= 15 is 0 Å². The average Bonchev–Trinajstić information content (AvgIpc) is 2.20. The van der Waals surface area contributed by atoms with Crippen LogP contribution in [0.25, 0.3) is 11.1 Å². The third-order valence-electron chi connectivity index (χ3n) is 1.98. The first-order chi connectivity index (χ1) is 7.20. The molecule has 76 valence electrons. The largest absolute Gasteiger partial charge is 0.493 e. The zero-order chi connectivity index (χ0) is 10.8. The number of aromatic nitrogens is 2. The number of halogens is 1. The second kappa shape index (κ2) is 3.86. The van der Waals surface area contributed by atoms with E-state index in [2.05, 4.69) is 25.9 Å². The summed E-state index contributed by atoms with van der Waals surface area (Å²) in [6, 6.07) is 7.14. The van der Waals surface area contributed by atoms with Crippen molar-refractivity contribution in [3.05, 3.63) is 45.4 Å². The predicted octanol–water partition coefficient (Wildman–Crippen LogP) is 1.90. The fraction of sp³-hybridized carbons (Fsp3) is 0. The van der Waals surface area contributed by atoms with Gasteiger partial charge in [-0.3, -0.25) is 4.79 Å². The molecule has 2 rings (SSSR count). The van der Waals surface area contributed by atoms with Gasteiger partial charge in [0.05, 0.1) is 6.33 Å². The number of nitrogens with one attached hydrogen (secondary N) is 1. The van der Waals surface area contributed by atoms with Gasteiger partial charge in [0, 0.05) is 10.0 Å². The lowest BCUT2D eigenvalue weighted by Gasteiger charge is -2.03. The van der Waals surface area contributed by atoms with E-state index in [0.717, 1.165) is 10.8 Å². The summed E-state index contributed by atoms with van der Waals surface area (Å²) in [6.07, 6.45) is 1.16. The number of aromatic hydroxyl groups is 1. The lowest BCUT2D eigenvalue weighted by atomic mass is 10.1. The molecule has 2 aromatic rings. The SMILES string of the molecule is O=c1[nH]cnc(O)c1-c1ccccc1Br. The first-order valence-electron chi connectivity index (χ1n) is 4.21. The molecule has 0 aliphatic carbocycles. The summed E-state index contributed by atoms with van der Waals surface area (Å²) >= 11 is 3.31. The lowest BCUT2D eigenvalue weighted by Crippen LogP contribution is -2.09. The lowest BCUT2D eigenvalue weighted by molar-refractivity contribution is 0.453. The van der Waals surface area contributed by atoms with Crippen molar-refractivity contribution in [3.63, 3.8) is 0 Å². The number of rotatable bonds is 1. The Morgan fingerprint density at radius 1 is 1.33 bits per heavy atom. The maximum Gasteiger partial charge on any atom is 0.262 e. The first-order valence-corrected chi connectivity index (χ1v) is 5.01. The van der Waals surface area contributed by atoms with Gasteiger partial charge in [0.25, 0.3) is 5.56 Å². The van der Waals surface area contributed by atoms with Crippen LogP contribution >= 0.6 is 15.9 Å². The molecule has 0 aliphatic rings. The van der Waals surface area contributed by atoms with Crippen molar-refractivity contribution in [2.24, 2.45) is 0 Å². The van der Waals surface area contributed by atoms with Gasteiger partial charge in [0.2, 0.25) is 5.88 Å². The van der Waals surface area contributed by atoms with Crippen molar-refractivity contribution < 1.29 is 5.11 Å². The molecule has 5 heteroatoms. The number of benzene rings is 1. The van der Waals surface area contributed by atoms with Gasteiger partial charge in [-0.15, -0.1) is 0 Å². The minimum Gasteiger partial charge on any atom is -0.493 e. The highest BCUT2D eigenvalue weighted by Crippen LogP contribution is 2.29. The molecule has 4 nitrogen and oxygen atoms in total. The Morgan fingerprint density at radius 2 is 2.07 bits per heavy atom. The summed E-state index contributed by atoms with van der Waals surface area (Å²) in [5, 5.41) is 9.52. The van der Waals surface area contributed by atoms with Crippen LogP contribution in [0.15, 0.2) is 39.9 Å². The Hall–Kier alpha value is -1.62. The van der Waals surface area contributed by atoms with Crippen molar-refractivity contribution in [3.8, 4) is 17.0 Å². The standard InChI is InChI=1S/C10H7BrN2O2/c11-7-4-2-1-3-6(7)8-9(14)12-5-13-10(8)15/h1-5H,(H2,12,13,14,15). The van der Waals surface area contributed by atoms with Crippen LogP contribution in [0.5, 0.6) is 5.88 Å². The summed E-state index contributed by atoms with van der Waals surface area (Å²) in [7, 11) is 0. The van der Waals surface area contributed by atoms with Crippen molar-refractivity contribution in [1.29, 1.82) is 0 Å². The normalized spacial score (nSPS) is 10.2. The molecule has 0 saturated carbocycles. The van der Waals surface area contributed by atoms with Gasteiger partial charge >= 0.3 is 0 Å². The molecule has 0 spiro atoms. The van der Waals surface area contributed by atoms with E-state index in [1.165, 1.54) is 0 Å². The van der Waals surface area contributed by atoms with Gasteiger partial charge in [-0.2, -0.15) is 0 Å². The summed E-state index contributed by atoms with van der Waals surface area (Å²) in [5.74, 6) is -0.273. The fourth-order valence-electron chi connectivity index (χ4n) is 1.30. The van der Waals surface area contributed by atoms with Crippen molar-refractivity contribution in [1.82, 2.24) is 9.97 Å². The molecule has 1 aromatic carbocycles. The number of hydrogen-bond acceptors (Lipinski definition) is 3. The molecule has 0 saturated heterocycles. The van der Waals surface area contributed by atoms with Crippen LogP contribution in [0.2, 0.25) is 0 Å². The van der Waals surface area contributed by atoms with Gasteiger partial charge < -0.3 is 10.1 Å². The first kappa shape index (κ1) is 9.92. The van der Waals surface area contributed by atoms with Crippen molar-refractivity contribution in [2.75, 3.05) is 0 Å². The van der Waals surface area contributed by atoms with Gasteiger partial charge in [-0.1, -0.05) is 34.1 Å². The molecule has 1 aromatic heterocycles. The molecule has 0 bridgehead atoms. The van der Waals surface area contributed by atoms with Crippen molar-refractivity contribution >= 4 is 15.9 Å². The molecule has 1 heterocycles. The molecule has 0 unspecified atom stereocenters. The molecule has 0 atom stereocenters. The number of hydrogen-bond donors (Lipinski definition) is 2. The number of aromatic amines is 1. The highest BCUT2D eigenvalue weighted by molar-refractivity contribution is 9.10. The Morgan fingerprint density at radius 3 is 2.73 bits per heavy atom. The minimum atomic E-state index is -0.366. The summed E-state index contributed by atoms with van der Waals surface area (Å²) in [4.78, 5) is 17.6. The predicted molar refractivity (Wildman–Crippen MR) is 59.7 cm³/mol. The van der Waals surface area contributed by atoms with E-state index in [9.17, 15) is 9.90 Å². The van der Waals surface area contributed by atoms with Crippen molar-refractivity contribution in [2.45, 2.75) is 0 Å². The topological polar surface area (TPSA) is 66.0 Å². The van der Waals surface area contributed by atoms with E-state index in [1.807, 2.05) is 6.07 Å². The average molecular weight is 267 g/mol. The second-order valence-electron chi connectivity index (χ2n) is 2.91. The molecule has 0 aliphatic heterocycles.